The Morgan fingerprint density at radius 3 is 2.45 bits per heavy atom. The minimum Gasteiger partial charge on any atom is -0.478 e. The highest BCUT2D eigenvalue weighted by Gasteiger charge is 2.25. The Bertz CT molecular complexity index is 1120. The molecule has 31 heavy (non-hydrogen) atoms. The number of carboxylic acids is 1. The third-order valence-corrected chi connectivity index (χ3v) is 7.83. The molecule has 4 rings (SSSR count). The van der Waals surface area contributed by atoms with Crippen molar-refractivity contribution in [1.29, 1.82) is 0 Å². The van der Waals surface area contributed by atoms with Gasteiger partial charge in [0.15, 0.2) is 0 Å². The fourth-order valence-electron chi connectivity index (χ4n) is 3.75. The van der Waals surface area contributed by atoms with Gasteiger partial charge >= 0.3 is 5.97 Å². The lowest BCUT2D eigenvalue weighted by Crippen LogP contribution is -2.30. The van der Waals surface area contributed by atoms with Gasteiger partial charge in [0.1, 0.15) is 0 Å². The number of thioether (sulfide) groups is 1. The van der Waals surface area contributed by atoms with Crippen LogP contribution in [0.15, 0.2) is 65.6 Å². The van der Waals surface area contributed by atoms with Crippen molar-refractivity contribution >= 4 is 52.3 Å². The van der Waals surface area contributed by atoms with E-state index in [9.17, 15) is 9.90 Å². The summed E-state index contributed by atoms with van der Waals surface area (Å²) in [6.45, 7) is 5.49. The molecule has 0 bridgehead atoms. The molecule has 0 saturated heterocycles. The average Bonchev–Trinajstić information content (AvgIpc) is 2.76. The highest BCUT2D eigenvalue weighted by Crippen LogP contribution is 2.44. The maximum Gasteiger partial charge on any atom is 0.337 e. The Morgan fingerprint density at radius 1 is 1.00 bits per heavy atom. The number of nitrogens with zero attached hydrogens (tertiary/aromatic N) is 1. The lowest BCUT2D eigenvalue weighted by Gasteiger charge is -2.35. The summed E-state index contributed by atoms with van der Waals surface area (Å²) < 4.78 is 0. The Morgan fingerprint density at radius 2 is 1.74 bits per heavy atom. The standard InChI is InChI=1S/C25H23Cl2NO2S/c1-15-13-28(18-6-4-3-5-7-18)23-12-22(27)19(11-24(23)31-14-16(15)2)17-8-9-21(26)20(10-17)25(29)30/h3-12,15-16H,13-14H2,1-2H3,(H,29,30)/t15-,16?/m1/s1. The Labute approximate surface area is 197 Å². The van der Waals surface area contributed by atoms with Crippen LogP contribution in [0.5, 0.6) is 0 Å². The highest BCUT2D eigenvalue weighted by molar-refractivity contribution is 7.99. The molecule has 1 aliphatic rings. The van der Waals surface area contributed by atoms with E-state index < -0.39 is 5.97 Å². The van der Waals surface area contributed by atoms with Gasteiger partial charge in [-0.05, 0) is 53.8 Å². The fourth-order valence-corrected chi connectivity index (χ4v) is 5.51. The summed E-state index contributed by atoms with van der Waals surface area (Å²) in [6.07, 6.45) is 0. The van der Waals surface area contributed by atoms with Gasteiger partial charge in [0, 0.05) is 28.4 Å². The van der Waals surface area contributed by atoms with Crippen molar-refractivity contribution in [2.24, 2.45) is 11.8 Å². The number of benzene rings is 3. The number of para-hydroxylation sites is 1. The molecule has 1 aliphatic heterocycles. The molecule has 3 nitrogen and oxygen atoms in total. The van der Waals surface area contributed by atoms with Gasteiger partial charge in [-0.15, -0.1) is 11.8 Å². The molecule has 1 unspecified atom stereocenters. The molecule has 0 fully saturated rings. The number of carboxylic acid groups (broad SMARTS) is 1. The second kappa shape index (κ2) is 9.15. The van der Waals surface area contributed by atoms with Crippen LogP contribution in [0.2, 0.25) is 10.0 Å². The number of anilines is 2. The van der Waals surface area contributed by atoms with Gasteiger partial charge in [-0.3, -0.25) is 0 Å². The molecule has 0 amide bonds. The first-order valence-corrected chi connectivity index (χ1v) is 11.9. The van der Waals surface area contributed by atoms with E-state index in [1.807, 2.05) is 42.1 Å². The third kappa shape index (κ3) is 4.57. The molecule has 3 aromatic carbocycles. The molecule has 1 heterocycles. The van der Waals surface area contributed by atoms with Crippen LogP contribution in [-0.4, -0.2) is 23.4 Å². The van der Waals surface area contributed by atoms with E-state index in [2.05, 4.69) is 36.9 Å². The smallest absolute Gasteiger partial charge is 0.337 e. The maximum absolute atomic E-state index is 11.5. The van der Waals surface area contributed by atoms with Crippen LogP contribution in [0, 0.1) is 11.8 Å². The molecular formula is C25H23Cl2NO2S. The van der Waals surface area contributed by atoms with Crippen LogP contribution in [0.1, 0.15) is 24.2 Å². The average molecular weight is 472 g/mol. The molecule has 6 heteroatoms. The number of carbonyl (C=O) groups is 1. The molecule has 0 saturated carbocycles. The van der Waals surface area contributed by atoms with Gasteiger partial charge in [-0.2, -0.15) is 0 Å². The molecule has 160 valence electrons. The number of rotatable bonds is 3. The summed E-state index contributed by atoms with van der Waals surface area (Å²) in [5.74, 6) is 1.03. The molecule has 3 aromatic rings. The second-order valence-corrected chi connectivity index (χ2v) is 9.89. The summed E-state index contributed by atoms with van der Waals surface area (Å²) in [7, 11) is 0. The lowest BCUT2D eigenvalue weighted by atomic mass is 9.96. The molecule has 0 aromatic heterocycles. The largest absolute Gasteiger partial charge is 0.478 e. The monoisotopic (exact) mass is 471 g/mol. The van der Waals surface area contributed by atoms with E-state index in [4.69, 9.17) is 23.2 Å². The molecule has 0 aliphatic carbocycles. The Balaban J connectivity index is 1.86. The summed E-state index contributed by atoms with van der Waals surface area (Å²) in [4.78, 5) is 15.0. The van der Waals surface area contributed by atoms with Crippen molar-refractivity contribution < 1.29 is 9.90 Å². The maximum atomic E-state index is 11.5. The second-order valence-electron chi connectivity index (χ2n) is 8.01. The number of aromatic carboxylic acids is 1. The van der Waals surface area contributed by atoms with Crippen LogP contribution in [0.25, 0.3) is 11.1 Å². The SMILES string of the molecule is CC1CSc2cc(-c3ccc(Cl)c(C(=O)O)c3)c(Cl)cc2N(c2ccccc2)C[C@H]1C. The van der Waals surface area contributed by atoms with E-state index in [-0.39, 0.29) is 10.6 Å². The first kappa shape index (κ1) is 22.1. The van der Waals surface area contributed by atoms with Crippen LogP contribution in [0.3, 0.4) is 0 Å². The predicted molar refractivity (Wildman–Crippen MR) is 131 cm³/mol. The van der Waals surface area contributed by atoms with E-state index in [0.29, 0.717) is 16.9 Å². The van der Waals surface area contributed by atoms with Gasteiger partial charge in [0.25, 0.3) is 0 Å². The van der Waals surface area contributed by atoms with Gasteiger partial charge in [-0.1, -0.05) is 61.3 Å². The van der Waals surface area contributed by atoms with Crippen molar-refractivity contribution in [1.82, 2.24) is 0 Å². The normalized spacial score (nSPS) is 18.8. The van der Waals surface area contributed by atoms with Crippen molar-refractivity contribution in [2.45, 2.75) is 18.7 Å². The highest BCUT2D eigenvalue weighted by atomic mass is 35.5. The van der Waals surface area contributed by atoms with Gasteiger partial charge in [0.2, 0.25) is 0 Å². The summed E-state index contributed by atoms with van der Waals surface area (Å²) >= 11 is 14.7. The third-order valence-electron chi connectivity index (χ3n) is 5.86. The van der Waals surface area contributed by atoms with Crippen LogP contribution >= 0.6 is 35.0 Å². The minimum atomic E-state index is -1.05. The van der Waals surface area contributed by atoms with Crippen molar-refractivity contribution in [3.8, 4) is 11.1 Å². The summed E-state index contributed by atoms with van der Waals surface area (Å²) in [6, 6.07) is 19.5. The van der Waals surface area contributed by atoms with Crippen LogP contribution in [0.4, 0.5) is 11.4 Å². The van der Waals surface area contributed by atoms with Crippen LogP contribution in [-0.2, 0) is 0 Å². The number of hydrogen-bond donors (Lipinski definition) is 1. The first-order chi connectivity index (χ1) is 14.8. The van der Waals surface area contributed by atoms with Gasteiger partial charge in [0.05, 0.1) is 21.3 Å². The Hall–Kier alpha value is -2.14. The quantitative estimate of drug-likeness (QED) is 0.421. The van der Waals surface area contributed by atoms with E-state index >= 15 is 0 Å². The zero-order chi connectivity index (χ0) is 22.1. The lowest BCUT2D eigenvalue weighted by molar-refractivity contribution is 0.0697. The summed E-state index contributed by atoms with van der Waals surface area (Å²) in [5, 5.41) is 10.3. The van der Waals surface area contributed by atoms with Crippen LogP contribution < -0.4 is 4.90 Å². The number of fused-ring (bicyclic) bond motifs is 1. The van der Waals surface area contributed by atoms with Crippen molar-refractivity contribution in [3.63, 3.8) is 0 Å². The van der Waals surface area contributed by atoms with Gasteiger partial charge < -0.3 is 10.0 Å². The zero-order valence-corrected chi connectivity index (χ0v) is 19.6. The minimum absolute atomic E-state index is 0.0722. The number of hydrogen-bond acceptors (Lipinski definition) is 3. The van der Waals surface area contributed by atoms with E-state index in [1.54, 1.807) is 12.1 Å². The molecule has 0 radical (unpaired) electrons. The Kier molecular flexibility index (Phi) is 6.52. The molecule has 1 N–H and O–H groups in total. The van der Waals surface area contributed by atoms with Crippen molar-refractivity contribution in [2.75, 3.05) is 17.2 Å². The molecule has 0 spiro atoms. The predicted octanol–water partition coefficient (Wildman–Crippen LogP) is 7.87. The first-order valence-electron chi connectivity index (χ1n) is 10.2. The number of halogens is 2. The van der Waals surface area contributed by atoms with Gasteiger partial charge in [-0.25, -0.2) is 4.79 Å². The summed E-state index contributed by atoms with van der Waals surface area (Å²) in [5.41, 5.74) is 3.83. The topological polar surface area (TPSA) is 40.5 Å². The molecular weight excluding hydrogens is 449 g/mol. The molecule has 2 atom stereocenters. The van der Waals surface area contributed by atoms with Crippen molar-refractivity contribution in [3.05, 3.63) is 76.3 Å². The van der Waals surface area contributed by atoms with E-state index in [0.717, 1.165) is 39.7 Å². The fraction of sp³-hybridized carbons (Fsp3) is 0.240. The van der Waals surface area contributed by atoms with E-state index in [1.165, 1.54) is 0 Å². The zero-order valence-electron chi connectivity index (χ0n) is 17.3.